The van der Waals surface area contributed by atoms with Crippen LogP contribution in [-0.2, 0) is 32.1 Å². The number of methoxy groups -OCH3 is 1. The number of amides is 6. The van der Waals surface area contributed by atoms with Crippen molar-refractivity contribution in [2.75, 3.05) is 35.8 Å². The zero-order valence-electron chi connectivity index (χ0n) is 32.9. The number of nitrogens with two attached hydrogens (primary N) is 1. The molecule has 0 spiro atoms. The van der Waals surface area contributed by atoms with Crippen molar-refractivity contribution < 1.29 is 33.5 Å². The van der Waals surface area contributed by atoms with Gasteiger partial charge < -0.3 is 35.8 Å². The molecule has 58 heavy (non-hydrogen) atoms. The van der Waals surface area contributed by atoms with Crippen LogP contribution in [0.15, 0.2) is 42.6 Å². The summed E-state index contributed by atoms with van der Waals surface area (Å²) in [6, 6.07) is 8.55. The Morgan fingerprint density at radius 3 is 2.59 bits per heavy atom. The van der Waals surface area contributed by atoms with E-state index in [0.717, 1.165) is 37.1 Å². The average Bonchev–Trinajstić information content (AvgIpc) is 3.86. The number of anilines is 3. The number of benzene rings is 2. The Morgan fingerprint density at radius 2 is 1.86 bits per heavy atom. The maximum atomic E-state index is 13.3. The van der Waals surface area contributed by atoms with E-state index in [1.165, 1.54) is 4.90 Å². The first kappa shape index (κ1) is 42.0. The quantitative estimate of drug-likeness (QED) is 0.145. The van der Waals surface area contributed by atoms with Crippen LogP contribution in [0.2, 0.25) is 0 Å². The Labute approximate surface area is 343 Å². The molecule has 7 rings (SSSR count). The number of rotatable bonds is 13. The number of aromatic nitrogens is 2. The standard InChI is InChI=1S/C41H49N9O7.ClH/c1-4-30-41(56)48(2)32-21-44-34(46-36(32)50(30)25-9-5-6-10-25)20-23-14-15-24(19-33(23)57-3)37(52)43-18-8-12-28(42)38(53)45-29-13-7-11-26-27(29)22-49(40(26)55)31-16-17-35(51)47-39(31)54;/h7,11,13-15,19,21,25,28,30-31H,4-6,8-10,12,16-18,20,22,42H2,1-3H3,(H,43,52)(H,45,53)(H,47,51,54);1H/t28-,30-,31?;/m1./s1. The van der Waals surface area contributed by atoms with Crippen molar-refractivity contribution in [1.29, 1.82) is 0 Å². The number of hydrogen-bond donors (Lipinski definition) is 4. The third kappa shape index (κ3) is 8.34. The molecule has 0 radical (unpaired) electrons. The lowest BCUT2D eigenvalue weighted by Gasteiger charge is -2.43. The van der Waals surface area contributed by atoms with Crippen molar-refractivity contribution in [3.63, 3.8) is 0 Å². The highest BCUT2D eigenvalue weighted by Crippen LogP contribution is 2.40. The number of imide groups is 1. The van der Waals surface area contributed by atoms with Gasteiger partial charge in [0.25, 0.3) is 11.8 Å². The van der Waals surface area contributed by atoms with Crippen molar-refractivity contribution >= 4 is 65.0 Å². The Hall–Kier alpha value is -5.61. The molecule has 1 aliphatic carbocycles. The van der Waals surface area contributed by atoms with Gasteiger partial charge in [-0.3, -0.25) is 34.1 Å². The lowest BCUT2D eigenvalue weighted by molar-refractivity contribution is -0.137. The minimum absolute atomic E-state index is 0. The summed E-state index contributed by atoms with van der Waals surface area (Å²) >= 11 is 0. The minimum Gasteiger partial charge on any atom is -0.496 e. The van der Waals surface area contributed by atoms with E-state index in [1.54, 1.807) is 55.6 Å². The fourth-order valence-corrected chi connectivity index (χ4v) is 8.39. The van der Waals surface area contributed by atoms with Crippen molar-refractivity contribution in [2.45, 2.75) is 102 Å². The second-order valence-electron chi connectivity index (χ2n) is 15.1. The molecule has 0 bridgehead atoms. The van der Waals surface area contributed by atoms with Gasteiger partial charge in [0.05, 0.1) is 19.3 Å². The molecule has 16 nitrogen and oxygen atoms in total. The number of ether oxygens (including phenoxy) is 1. The van der Waals surface area contributed by atoms with Gasteiger partial charge in [0.1, 0.15) is 29.3 Å². The minimum atomic E-state index is -0.884. The molecular weight excluding hydrogens is 766 g/mol. The predicted octanol–water partition coefficient (Wildman–Crippen LogP) is 3.24. The van der Waals surface area contributed by atoms with Gasteiger partial charge in [0.15, 0.2) is 5.82 Å². The van der Waals surface area contributed by atoms with E-state index >= 15 is 0 Å². The summed E-state index contributed by atoms with van der Waals surface area (Å²) in [6.45, 7) is 2.43. The fraction of sp³-hybridized carbons (Fsp3) is 0.463. The fourth-order valence-electron chi connectivity index (χ4n) is 8.39. The summed E-state index contributed by atoms with van der Waals surface area (Å²) in [5, 5.41) is 8.00. The molecule has 308 valence electrons. The van der Waals surface area contributed by atoms with E-state index < -0.39 is 23.9 Å². The van der Waals surface area contributed by atoms with Crippen LogP contribution in [-0.4, -0.2) is 95.2 Å². The summed E-state index contributed by atoms with van der Waals surface area (Å²) in [4.78, 5) is 91.6. The van der Waals surface area contributed by atoms with Crippen molar-refractivity contribution in [3.05, 3.63) is 70.7 Å². The van der Waals surface area contributed by atoms with Gasteiger partial charge in [-0.05, 0) is 62.8 Å². The molecule has 1 saturated heterocycles. The molecule has 2 fully saturated rings. The molecule has 5 N–H and O–H groups in total. The lowest BCUT2D eigenvalue weighted by Crippen LogP contribution is -2.55. The third-order valence-corrected chi connectivity index (χ3v) is 11.5. The van der Waals surface area contributed by atoms with E-state index in [1.807, 2.05) is 13.0 Å². The number of piperidine rings is 1. The Kier molecular flexibility index (Phi) is 13.0. The van der Waals surface area contributed by atoms with Crippen LogP contribution < -0.4 is 36.2 Å². The van der Waals surface area contributed by atoms with Crippen LogP contribution in [0, 0.1) is 0 Å². The van der Waals surface area contributed by atoms with E-state index in [2.05, 4.69) is 25.8 Å². The van der Waals surface area contributed by atoms with Gasteiger partial charge in [-0.15, -0.1) is 12.4 Å². The summed E-state index contributed by atoms with van der Waals surface area (Å²) in [6.07, 6.45) is 8.20. The Morgan fingerprint density at radius 1 is 1.09 bits per heavy atom. The predicted molar refractivity (Wildman–Crippen MR) is 218 cm³/mol. The zero-order chi connectivity index (χ0) is 40.4. The normalized spacial score (nSPS) is 19.6. The van der Waals surface area contributed by atoms with E-state index in [4.69, 9.17) is 15.5 Å². The number of hydrogen-bond acceptors (Lipinski definition) is 11. The summed E-state index contributed by atoms with van der Waals surface area (Å²) in [5.41, 5.74) is 9.54. The van der Waals surface area contributed by atoms with Crippen molar-refractivity contribution in [1.82, 2.24) is 25.5 Å². The topological polar surface area (TPSA) is 209 Å². The van der Waals surface area contributed by atoms with Crippen LogP contribution in [0.5, 0.6) is 5.75 Å². The number of nitrogens with zero attached hydrogens (tertiary/aromatic N) is 5. The van der Waals surface area contributed by atoms with E-state index in [0.29, 0.717) is 58.9 Å². The molecule has 1 unspecified atom stereocenters. The molecule has 1 aromatic heterocycles. The van der Waals surface area contributed by atoms with Crippen LogP contribution in [0.1, 0.15) is 102 Å². The third-order valence-electron chi connectivity index (χ3n) is 11.5. The van der Waals surface area contributed by atoms with Crippen molar-refractivity contribution in [2.24, 2.45) is 5.73 Å². The van der Waals surface area contributed by atoms with Crippen LogP contribution in [0.4, 0.5) is 17.2 Å². The first-order valence-corrected chi connectivity index (χ1v) is 19.7. The molecule has 17 heteroatoms. The number of fused-ring (bicyclic) bond motifs is 2. The molecule has 4 aliphatic rings. The van der Waals surface area contributed by atoms with Gasteiger partial charge in [-0.25, -0.2) is 9.97 Å². The molecular formula is C41H50ClN9O7. The van der Waals surface area contributed by atoms with Gasteiger partial charge in [-0.2, -0.15) is 0 Å². The summed E-state index contributed by atoms with van der Waals surface area (Å²) in [7, 11) is 3.32. The zero-order valence-corrected chi connectivity index (χ0v) is 33.7. The number of likely N-dealkylation sites (N-methyl/N-ethyl adjacent to an activating group) is 1. The first-order valence-electron chi connectivity index (χ1n) is 19.7. The maximum absolute atomic E-state index is 13.3. The molecule has 3 atom stereocenters. The number of halogens is 1. The molecule has 1 saturated carbocycles. The smallest absolute Gasteiger partial charge is 0.255 e. The van der Waals surface area contributed by atoms with Crippen LogP contribution >= 0.6 is 12.4 Å². The average molecular weight is 816 g/mol. The lowest BCUT2D eigenvalue weighted by atomic mass is 10.0. The number of carbonyl (C=O) groups excluding carboxylic acids is 6. The second kappa shape index (κ2) is 17.9. The molecule has 4 heterocycles. The molecule has 3 aliphatic heterocycles. The van der Waals surface area contributed by atoms with Gasteiger partial charge >= 0.3 is 0 Å². The Balaban J connectivity index is 0.00000567. The highest BCUT2D eigenvalue weighted by Gasteiger charge is 2.42. The number of nitrogens with one attached hydrogen (secondary N) is 3. The van der Waals surface area contributed by atoms with Gasteiger partial charge in [0.2, 0.25) is 23.6 Å². The van der Waals surface area contributed by atoms with Crippen molar-refractivity contribution in [3.8, 4) is 5.75 Å². The maximum Gasteiger partial charge on any atom is 0.255 e. The second-order valence-corrected chi connectivity index (χ2v) is 15.1. The monoisotopic (exact) mass is 815 g/mol. The highest BCUT2D eigenvalue weighted by molar-refractivity contribution is 6.07. The van der Waals surface area contributed by atoms with Gasteiger partial charge in [-0.1, -0.05) is 31.9 Å². The first-order chi connectivity index (χ1) is 27.5. The van der Waals surface area contributed by atoms with Crippen LogP contribution in [0.3, 0.4) is 0 Å². The molecule has 2 aromatic carbocycles. The van der Waals surface area contributed by atoms with E-state index in [9.17, 15) is 28.8 Å². The van der Waals surface area contributed by atoms with Gasteiger partial charge in [0, 0.05) is 67.0 Å². The molecule has 6 amide bonds. The summed E-state index contributed by atoms with van der Waals surface area (Å²) < 4.78 is 5.69. The summed E-state index contributed by atoms with van der Waals surface area (Å²) in [5.74, 6) is -0.0138. The Bertz CT molecular complexity index is 2110. The van der Waals surface area contributed by atoms with Crippen LogP contribution in [0.25, 0.3) is 0 Å². The highest BCUT2D eigenvalue weighted by atomic mass is 35.5. The van der Waals surface area contributed by atoms with E-state index in [-0.39, 0.29) is 80.5 Å². The largest absolute Gasteiger partial charge is 0.496 e. The number of carbonyl (C=O) groups is 6. The molecule has 3 aromatic rings. The SMILES string of the molecule is CC[C@@H]1C(=O)N(C)c2cnc(Cc3ccc(C(=O)NCCC[C@@H](N)C(=O)Nc4cccc5c4CN(C4CCC(=O)NC4=O)C5=O)cc3OC)nc2N1C1CCCC1.Cl.